The number of amides is 2. The van der Waals surface area contributed by atoms with E-state index in [2.05, 4.69) is 15.5 Å². The fraction of sp³-hybridized carbons (Fsp3) is 0.250. The normalized spacial score (nSPS) is 20.1. The number of fused-ring (bicyclic) bond motifs is 1. The van der Waals surface area contributed by atoms with Crippen LogP contribution >= 0.6 is 0 Å². The van der Waals surface area contributed by atoms with Crippen molar-refractivity contribution in [2.24, 2.45) is 0 Å². The predicted octanol–water partition coefficient (Wildman–Crippen LogP) is 0.665. The fourth-order valence-electron chi connectivity index (χ4n) is 2.28. The molecule has 1 aromatic heterocycles. The lowest BCUT2D eigenvalue weighted by atomic mass is 9.90. The van der Waals surface area contributed by atoms with E-state index in [1.54, 1.807) is 0 Å². The third kappa shape index (κ3) is 1.62. The molecule has 1 aliphatic rings. The first kappa shape index (κ1) is 10.8. The molecule has 3 rings (SSSR count). The van der Waals surface area contributed by atoms with Gasteiger partial charge in [0, 0.05) is 11.8 Å². The van der Waals surface area contributed by atoms with Crippen LogP contribution in [-0.2, 0) is 9.59 Å². The second-order valence-corrected chi connectivity index (χ2v) is 4.42. The monoisotopic (exact) mass is 244 g/mol. The Balaban J connectivity index is 2.01. The van der Waals surface area contributed by atoms with E-state index in [0.717, 1.165) is 16.5 Å². The molecule has 4 N–H and O–H groups in total. The molecule has 0 aliphatic carbocycles. The van der Waals surface area contributed by atoms with Crippen molar-refractivity contribution in [1.82, 2.24) is 15.5 Å². The van der Waals surface area contributed by atoms with Gasteiger partial charge in [-0.3, -0.25) is 20.0 Å². The molecule has 18 heavy (non-hydrogen) atoms. The van der Waals surface area contributed by atoms with E-state index >= 15 is 0 Å². The minimum Gasteiger partial charge on any atom is -0.382 e. The van der Waals surface area contributed by atoms with Gasteiger partial charge < -0.3 is 5.73 Å². The van der Waals surface area contributed by atoms with Crippen LogP contribution in [0.2, 0.25) is 0 Å². The van der Waals surface area contributed by atoms with Gasteiger partial charge in [0.15, 0.2) is 5.82 Å². The maximum Gasteiger partial charge on any atom is 0.234 e. The number of nitrogens with one attached hydrogen (secondary N) is 2. The molecule has 6 nitrogen and oxygen atoms in total. The number of nitrogen functional groups attached to an aromatic ring is 1. The number of anilines is 1. The van der Waals surface area contributed by atoms with Gasteiger partial charge >= 0.3 is 0 Å². The van der Waals surface area contributed by atoms with Crippen LogP contribution in [0.4, 0.5) is 5.82 Å². The summed E-state index contributed by atoms with van der Waals surface area (Å²) in [5, 5.41) is 9.87. The average molecular weight is 244 g/mol. The van der Waals surface area contributed by atoms with E-state index in [-0.39, 0.29) is 17.7 Å². The zero-order chi connectivity index (χ0) is 12.7. The molecule has 1 aliphatic heterocycles. The van der Waals surface area contributed by atoms with Gasteiger partial charge in [0.05, 0.1) is 11.4 Å². The molecule has 2 aromatic rings. The highest BCUT2D eigenvalue weighted by atomic mass is 16.2. The Kier molecular flexibility index (Phi) is 2.29. The number of aromatic nitrogens is 2. The highest BCUT2D eigenvalue weighted by Gasteiger charge is 2.28. The summed E-state index contributed by atoms with van der Waals surface area (Å²) >= 11 is 0. The van der Waals surface area contributed by atoms with Gasteiger partial charge in [-0.15, -0.1) is 0 Å². The van der Waals surface area contributed by atoms with Crippen LogP contribution in [0.3, 0.4) is 0 Å². The molecule has 1 aromatic carbocycles. The Hall–Kier alpha value is -2.37. The summed E-state index contributed by atoms with van der Waals surface area (Å²) in [5.74, 6) is -0.326. The summed E-state index contributed by atoms with van der Waals surface area (Å²) in [6, 6.07) is 5.56. The van der Waals surface area contributed by atoms with Crippen LogP contribution in [0.5, 0.6) is 0 Å². The molecule has 1 atom stereocenters. The zero-order valence-corrected chi connectivity index (χ0v) is 9.56. The van der Waals surface area contributed by atoms with Crippen LogP contribution in [0.15, 0.2) is 18.2 Å². The lowest BCUT2D eigenvalue weighted by Crippen LogP contribution is -2.39. The number of carbonyl (C=O) groups is 2. The molecule has 6 heteroatoms. The van der Waals surface area contributed by atoms with Crippen molar-refractivity contribution in [2.45, 2.75) is 18.8 Å². The van der Waals surface area contributed by atoms with Crippen LogP contribution < -0.4 is 11.1 Å². The van der Waals surface area contributed by atoms with E-state index in [4.69, 9.17) is 5.73 Å². The van der Waals surface area contributed by atoms with E-state index in [1.807, 2.05) is 18.2 Å². The predicted molar refractivity (Wildman–Crippen MR) is 65.6 cm³/mol. The molecule has 0 saturated carbocycles. The summed E-state index contributed by atoms with van der Waals surface area (Å²) in [6.45, 7) is 0. The Morgan fingerprint density at radius 2 is 2.17 bits per heavy atom. The maximum atomic E-state index is 11.8. The number of nitrogens with two attached hydrogens (primary N) is 1. The lowest BCUT2D eigenvalue weighted by molar-refractivity contribution is -0.134. The number of aromatic amines is 1. The van der Waals surface area contributed by atoms with E-state index in [1.165, 1.54) is 0 Å². The van der Waals surface area contributed by atoms with Crippen molar-refractivity contribution in [1.29, 1.82) is 0 Å². The minimum atomic E-state index is -0.290. The minimum absolute atomic E-state index is 0.208. The van der Waals surface area contributed by atoms with Gasteiger partial charge in [0.25, 0.3) is 0 Å². The molecule has 2 heterocycles. The van der Waals surface area contributed by atoms with Gasteiger partial charge in [-0.05, 0) is 24.1 Å². The molecule has 2 amide bonds. The Morgan fingerprint density at radius 1 is 1.33 bits per heavy atom. The molecule has 1 unspecified atom stereocenters. The number of rotatable bonds is 1. The third-order valence-corrected chi connectivity index (χ3v) is 3.26. The first-order valence-electron chi connectivity index (χ1n) is 5.72. The molecule has 92 valence electrons. The highest BCUT2D eigenvalue weighted by molar-refractivity contribution is 6.01. The van der Waals surface area contributed by atoms with Crippen molar-refractivity contribution >= 4 is 28.5 Å². The largest absolute Gasteiger partial charge is 0.382 e. The van der Waals surface area contributed by atoms with Crippen LogP contribution in [0.25, 0.3) is 10.9 Å². The summed E-state index contributed by atoms with van der Waals surface area (Å²) < 4.78 is 0. The first-order valence-corrected chi connectivity index (χ1v) is 5.72. The van der Waals surface area contributed by atoms with Gasteiger partial charge in [-0.25, -0.2) is 0 Å². The number of carbonyl (C=O) groups excluding carboxylic acids is 2. The number of H-pyrrole nitrogens is 1. The Bertz CT molecular complexity index is 647. The van der Waals surface area contributed by atoms with Gasteiger partial charge in [-0.1, -0.05) is 6.07 Å². The molecular weight excluding hydrogens is 232 g/mol. The lowest BCUT2D eigenvalue weighted by Gasteiger charge is -2.21. The SMILES string of the molecule is Nc1n[nH]c2ccc(C3CCC(=O)NC3=O)cc12. The third-order valence-electron chi connectivity index (χ3n) is 3.26. The van der Waals surface area contributed by atoms with Crippen LogP contribution in [0, 0.1) is 0 Å². The van der Waals surface area contributed by atoms with Crippen molar-refractivity contribution in [3.63, 3.8) is 0 Å². The van der Waals surface area contributed by atoms with Crippen molar-refractivity contribution in [3.8, 4) is 0 Å². The molecule has 0 spiro atoms. The summed E-state index contributed by atoms with van der Waals surface area (Å²) in [7, 11) is 0. The fourth-order valence-corrected chi connectivity index (χ4v) is 2.28. The number of benzene rings is 1. The number of nitrogens with zero attached hydrogens (tertiary/aromatic N) is 1. The number of hydrogen-bond donors (Lipinski definition) is 3. The molecule has 0 radical (unpaired) electrons. The number of hydrogen-bond acceptors (Lipinski definition) is 4. The standard InChI is InChI=1S/C12H12N4O2/c13-11-8-5-6(1-3-9(8)15-16-11)7-2-4-10(17)14-12(7)18/h1,3,5,7H,2,4H2,(H3,13,15,16)(H,14,17,18). The van der Waals surface area contributed by atoms with Gasteiger partial charge in [0.2, 0.25) is 11.8 Å². The second-order valence-electron chi connectivity index (χ2n) is 4.42. The van der Waals surface area contributed by atoms with Crippen LogP contribution in [0.1, 0.15) is 24.3 Å². The number of imide groups is 1. The highest BCUT2D eigenvalue weighted by Crippen LogP contribution is 2.28. The molecule has 1 fully saturated rings. The Morgan fingerprint density at radius 3 is 2.94 bits per heavy atom. The zero-order valence-electron chi connectivity index (χ0n) is 9.56. The van der Waals surface area contributed by atoms with Crippen molar-refractivity contribution in [3.05, 3.63) is 23.8 Å². The second kappa shape index (κ2) is 3.83. The Labute approximate surface area is 103 Å². The number of piperidine rings is 1. The van der Waals surface area contributed by atoms with Crippen molar-refractivity contribution < 1.29 is 9.59 Å². The van der Waals surface area contributed by atoms with Crippen LogP contribution in [-0.4, -0.2) is 22.0 Å². The molecular formula is C12H12N4O2. The maximum absolute atomic E-state index is 11.8. The van der Waals surface area contributed by atoms with E-state index in [0.29, 0.717) is 18.7 Å². The van der Waals surface area contributed by atoms with E-state index < -0.39 is 0 Å². The topological polar surface area (TPSA) is 101 Å². The average Bonchev–Trinajstić information content (AvgIpc) is 2.71. The molecule has 0 bridgehead atoms. The van der Waals surface area contributed by atoms with Crippen molar-refractivity contribution in [2.75, 3.05) is 5.73 Å². The quantitative estimate of drug-likeness (QED) is 0.641. The summed E-state index contributed by atoms with van der Waals surface area (Å²) in [5.41, 5.74) is 7.43. The molecule has 1 saturated heterocycles. The smallest absolute Gasteiger partial charge is 0.234 e. The summed E-state index contributed by atoms with van der Waals surface area (Å²) in [4.78, 5) is 22.9. The summed E-state index contributed by atoms with van der Waals surface area (Å²) in [6.07, 6.45) is 0.906. The van der Waals surface area contributed by atoms with Gasteiger partial charge in [-0.2, -0.15) is 5.10 Å². The first-order chi connectivity index (χ1) is 8.65. The van der Waals surface area contributed by atoms with Gasteiger partial charge in [0.1, 0.15) is 0 Å². The van der Waals surface area contributed by atoms with E-state index in [9.17, 15) is 9.59 Å².